The quantitative estimate of drug-likeness (QED) is 0.252. The van der Waals surface area contributed by atoms with Crippen molar-refractivity contribution in [2.24, 2.45) is 0 Å². The second-order valence-corrected chi connectivity index (χ2v) is 12.7. The van der Waals surface area contributed by atoms with Crippen molar-refractivity contribution in [1.29, 1.82) is 0 Å². The number of ether oxygens (including phenoxy) is 3. The smallest absolute Gasteiger partial charge is 0.398 e. The van der Waals surface area contributed by atoms with Gasteiger partial charge in [-0.2, -0.15) is 0 Å². The van der Waals surface area contributed by atoms with Gasteiger partial charge in [0.25, 0.3) is 0 Å². The fraction of sp³-hybridized carbons (Fsp3) is 1.00. The zero-order valence-corrected chi connectivity index (χ0v) is 17.4. The number of aliphatic hydroxyl groups excluding tert-OH is 1. The zero-order chi connectivity index (χ0) is 18.1. The van der Waals surface area contributed by atoms with E-state index < -0.39 is 23.5 Å². The van der Waals surface area contributed by atoms with Crippen molar-refractivity contribution in [1.82, 2.24) is 0 Å². The summed E-state index contributed by atoms with van der Waals surface area (Å²) in [6, 6.07) is 1.17. The first-order valence-corrected chi connectivity index (χ1v) is 12.6. The summed E-state index contributed by atoms with van der Waals surface area (Å²) in [6.45, 7) is 6.23. The van der Waals surface area contributed by atoms with Gasteiger partial charge in [-0.05, 0) is 13.5 Å². The summed E-state index contributed by atoms with van der Waals surface area (Å²) in [5.41, 5.74) is 0. The Morgan fingerprint density at radius 3 is 2.21 bits per heavy atom. The van der Waals surface area contributed by atoms with Crippen LogP contribution in [0.25, 0.3) is 0 Å². The van der Waals surface area contributed by atoms with Crippen LogP contribution in [-0.4, -0.2) is 89.0 Å². The zero-order valence-electron chi connectivity index (χ0n) is 15.4. The molecule has 0 aromatic rings. The molecule has 8 nitrogen and oxygen atoms in total. The van der Waals surface area contributed by atoms with Crippen LogP contribution in [0.2, 0.25) is 18.6 Å². The molecular formula is C14H32O8Si2. The molecule has 0 aromatic heterocycles. The lowest BCUT2D eigenvalue weighted by molar-refractivity contribution is 0.0484. The molecule has 0 spiro atoms. The first kappa shape index (κ1) is 22.2. The van der Waals surface area contributed by atoms with Crippen molar-refractivity contribution in [2.45, 2.75) is 37.8 Å². The van der Waals surface area contributed by atoms with E-state index in [0.29, 0.717) is 38.5 Å². The van der Waals surface area contributed by atoms with E-state index in [-0.39, 0.29) is 6.10 Å². The molecule has 1 saturated heterocycles. The molecule has 0 amide bonds. The number of aliphatic hydroxyl groups is 1. The van der Waals surface area contributed by atoms with E-state index in [2.05, 4.69) is 0 Å². The average Bonchev–Trinajstić information content (AvgIpc) is 3.39. The molecule has 1 rings (SSSR count). The largest absolute Gasteiger partial charge is 0.493 e. The molecule has 0 aliphatic carbocycles. The Kier molecular flexibility index (Phi) is 10.1. The molecule has 0 aromatic carbocycles. The molecule has 0 radical (unpaired) electrons. The fourth-order valence-electron chi connectivity index (χ4n) is 2.03. The molecule has 3 unspecified atom stereocenters. The first-order chi connectivity index (χ1) is 11.4. The number of epoxide rings is 1. The third kappa shape index (κ3) is 8.47. The van der Waals surface area contributed by atoms with Crippen LogP contribution in [0.15, 0.2) is 0 Å². The van der Waals surface area contributed by atoms with Crippen LogP contribution in [0.4, 0.5) is 0 Å². The molecule has 144 valence electrons. The predicted molar refractivity (Wildman–Crippen MR) is 92.2 cm³/mol. The van der Waals surface area contributed by atoms with Crippen LogP contribution < -0.4 is 0 Å². The summed E-state index contributed by atoms with van der Waals surface area (Å²) in [5, 5.41) is 9.23. The summed E-state index contributed by atoms with van der Waals surface area (Å²) in [7, 11) is -0.571. The van der Waals surface area contributed by atoms with Crippen LogP contribution >= 0.6 is 0 Å². The third-order valence-corrected chi connectivity index (χ3v) is 10.8. The fourth-order valence-corrected chi connectivity index (χ4v) is 8.17. The van der Waals surface area contributed by atoms with Crippen molar-refractivity contribution in [3.05, 3.63) is 0 Å². The van der Waals surface area contributed by atoms with E-state index >= 15 is 0 Å². The van der Waals surface area contributed by atoms with Crippen molar-refractivity contribution in [3.8, 4) is 0 Å². The molecule has 1 heterocycles. The highest BCUT2D eigenvalue weighted by atomic mass is 28.5. The Balaban J connectivity index is 2.46. The highest BCUT2D eigenvalue weighted by molar-refractivity contribution is 6.77. The van der Waals surface area contributed by atoms with Gasteiger partial charge in [0, 0.05) is 40.0 Å². The molecule has 1 aliphatic heterocycles. The van der Waals surface area contributed by atoms with Crippen LogP contribution in [-0.2, 0) is 31.6 Å². The van der Waals surface area contributed by atoms with E-state index in [1.807, 2.05) is 6.55 Å². The van der Waals surface area contributed by atoms with E-state index in [0.717, 1.165) is 6.61 Å². The van der Waals surface area contributed by atoms with E-state index in [1.165, 1.54) is 0 Å². The molecule has 0 saturated carbocycles. The monoisotopic (exact) mass is 384 g/mol. The number of rotatable bonds is 15. The molecule has 10 heteroatoms. The van der Waals surface area contributed by atoms with Crippen molar-refractivity contribution in [3.63, 3.8) is 0 Å². The Hall–Kier alpha value is 0.114. The maximum Gasteiger partial charge on any atom is 0.493 e. The Labute approximate surface area is 146 Å². The molecule has 1 N–H and O–H groups in total. The summed E-state index contributed by atoms with van der Waals surface area (Å²) < 4.78 is 39.2. The van der Waals surface area contributed by atoms with Gasteiger partial charge in [-0.25, -0.2) is 0 Å². The minimum atomic E-state index is -2.87. The van der Waals surface area contributed by atoms with Crippen molar-refractivity contribution >= 4 is 17.4 Å². The molecule has 0 bridgehead atoms. The van der Waals surface area contributed by atoms with Gasteiger partial charge in [-0.15, -0.1) is 0 Å². The van der Waals surface area contributed by atoms with Gasteiger partial charge in [0.05, 0.1) is 32.5 Å². The second-order valence-electron chi connectivity index (χ2n) is 5.99. The molecular weight excluding hydrogens is 352 g/mol. The molecule has 3 atom stereocenters. The number of hydrogen-bond donors (Lipinski definition) is 1. The summed E-state index contributed by atoms with van der Waals surface area (Å²) >= 11 is 0. The summed E-state index contributed by atoms with van der Waals surface area (Å²) in [6.07, 6.45) is -0.253. The average molecular weight is 385 g/mol. The Morgan fingerprint density at radius 2 is 1.71 bits per heavy atom. The predicted octanol–water partition coefficient (Wildman–Crippen LogP) is 0.766. The van der Waals surface area contributed by atoms with Crippen LogP contribution in [0, 0.1) is 0 Å². The van der Waals surface area contributed by atoms with Gasteiger partial charge in [0.15, 0.2) is 0 Å². The standard InChI is InChI=1S/C14H32O8Si2/c1-13(15)10-19-6-8-23(5,16-2)22-24(17-3,18-4)9-7-20-11-14-12-21-14/h13-15H,6-12H2,1-5H3. The summed E-state index contributed by atoms with van der Waals surface area (Å²) in [5.74, 6) is 0. The Bertz CT molecular complexity index is 339. The highest BCUT2D eigenvalue weighted by Gasteiger charge is 2.47. The Morgan fingerprint density at radius 1 is 1.08 bits per heavy atom. The lowest BCUT2D eigenvalue weighted by Crippen LogP contribution is -2.55. The normalized spacial score (nSPS) is 21.5. The van der Waals surface area contributed by atoms with Gasteiger partial charge in [0.2, 0.25) is 0 Å². The van der Waals surface area contributed by atoms with Crippen LogP contribution in [0.5, 0.6) is 0 Å². The second kappa shape index (κ2) is 11.0. The molecule has 1 fully saturated rings. The van der Waals surface area contributed by atoms with Crippen LogP contribution in [0.1, 0.15) is 6.92 Å². The lowest BCUT2D eigenvalue weighted by Gasteiger charge is -2.35. The highest BCUT2D eigenvalue weighted by Crippen LogP contribution is 2.24. The van der Waals surface area contributed by atoms with Gasteiger partial charge in [-0.3, -0.25) is 0 Å². The van der Waals surface area contributed by atoms with Gasteiger partial charge in [0.1, 0.15) is 6.10 Å². The topological polar surface area (TPSA) is 88.1 Å². The van der Waals surface area contributed by atoms with Crippen LogP contribution in [0.3, 0.4) is 0 Å². The lowest BCUT2D eigenvalue weighted by atomic mass is 10.4. The maximum atomic E-state index is 9.23. The summed E-state index contributed by atoms with van der Waals surface area (Å²) in [4.78, 5) is 0. The SMILES string of the molecule is CO[Si](C)(CCOCC(C)O)O[Si](CCOCC1CO1)(OC)OC. The third-order valence-electron chi connectivity index (χ3n) is 3.74. The molecule has 1 aliphatic rings. The van der Waals surface area contributed by atoms with Crippen molar-refractivity contribution in [2.75, 3.05) is 54.4 Å². The maximum absolute atomic E-state index is 9.23. The molecule has 24 heavy (non-hydrogen) atoms. The van der Waals surface area contributed by atoms with E-state index in [4.69, 9.17) is 31.6 Å². The van der Waals surface area contributed by atoms with Gasteiger partial charge >= 0.3 is 17.4 Å². The van der Waals surface area contributed by atoms with Gasteiger partial charge < -0.3 is 36.7 Å². The minimum Gasteiger partial charge on any atom is -0.398 e. The van der Waals surface area contributed by atoms with Crippen molar-refractivity contribution < 1.29 is 36.7 Å². The van der Waals surface area contributed by atoms with E-state index in [9.17, 15) is 5.11 Å². The van der Waals surface area contributed by atoms with E-state index in [1.54, 1.807) is 28.3 Å². The number of hydrogen-bond acceptors (Lipinski definition) is 8. The minimum absolute atomic E-state index is 0.233. The van der Waals surface area contributed by atoms with Gasteiger partial charge in [-0.1, -0.05) is 0 Å². The first-order valence-electron chi connectivity index (χ1n) is 8.19.